The number of aliphatic hydroxyl groups is 1. The number of benzene rings is 1. The maximum Gasteiger partial charge on any atom is 0.240 e. The minimum absolute atomic E-state index is 0.146. The van der Waals surface area contributed by atoms with Crippen LogP contribution in [-0.4, -0.2) is 39.8 Å². The van der Waals surface area contributed by atoms with Gasteiger partial charge in [-0.2, -0.15) is 0 Å². The van der Waals surface area contributed by atoms with Gasteiger partial charge in [-0.3, -0.25) is 0 Å². The first kappa shape index (κ1) is 16.1. The number of rotatable bonds is 5. The minimum Gasteiger partial charge on any atom is -0.397 e. The van der Waals surface area contributed by atoms with Crippen LogP contribution in [0.15, 0.2) is 23.1 Å². The van der Waals surface area contributed by atoms with Crippen LogP contribution in [0, 0.1) is 0 Å². The molecule has 1 aliphatic heterocycles. The van der Waals surface area contributed by atoms with E-state index >= 15 is 0 Å². The van der Waals surface area contributed by atoms with Crippen LogP contribution in [0.4, 0.5) is 11.4 Å². The number of sulfonamides is 1. The predicted octanol–water partition coefficient (Wildman–Crippen LogP) is 0.918. The molecule has 0 saturated carbocycles. The van der Waals surface area contributed by atoms with E-state index in [1.54, 1.807) is 12.1 Å². The monoisotopic (exact) mass is 313 g/mol. The SMILES string of the molecule is CNS(=O)(=O)c1ccc(N2CCCCC2CCO)c(N)c1. The molecule has 1 unspecified atom stereocenters. The Balaban J connectivity index is 2.31. The topological polar surface area (TPSA) is 95.7 Å². The van der Waals surface area contributed by atoms with Crippen molar-refractivity contribution in [1.82, 2.24) is 4.72 Å². The second-order valence-electron chi connectivity index (χ2n) is 5.28. The smallest absolute Gasteiger partial charge is 0.240 e. The highest BCUT2D eigenvalue weighted by Gasteiger charge is 2.24. The van der Waals surface area contributed by atoms with E-state index in [0.29, 0.717) is 12.1 Å². The van der Waals surface area contributed by atoms with E-state index in [1.165, 1.54) is 13.1 Å². The summed E-state index contributed by atoms with van der Waals surface area (Å²) in [6.45, 7) is 1.03. The van der Waals surface area contributed by atoms with Gasteiger partial charge in [0.2, 0.25) is 10.0 Å². The van der Waals surface area contributed by atoms with E-state index in [0.717, 1.165) is 31.5 Å². The molecule has 0 bridgehead atoms. The predicted molar refractivity (Wildman–Crippen MR) is 83.8 cm³/mol. The van der Waals surface area contributed by atoms with Crippen LogP contribution in [0.5, 0.6) is 0 Å². The van der Waals surface area contributed by atoms with Gasteiger partial charge in [0, 0.05) is 19.2 Å². The summed E-state index contributed by atoms with van der Waals surface area (Å²) >= 11 is 0. The van der Waals surface area contributed by atoms with Crippen LogP contribution >= 0.6 is 0 Å². The molecule has 4 N–H and O–H groups in total. The molecule has 1 aromatic rings. The van der Waals surface area contributed by atoms with E-state index < -0.39 is 10.0 Å². The number of hydrogen-bond acceptors (Lipinski definition) is 5. The number of nitrogens with one attached hydrogen (secondary N) is 1. The average molecular weight is 313 g/mol. The number of anilines is 2. The van der Waals surface area contributed by atoms with Crippen molar-refractivity contribution in [2.75, 3.05) is 30.8 Å². The molecular weight excluding hydrogens is 290 g/mol. The Morgan fingerprint density at radius 2 is 2.19 bits per heavy atom. The highest BCUT2D eigenvalue weighted by molar-refractivity contribution is 7.89. The Morgan fingerprint density at radius 1 is 1.43 bits per heavy atom. The number of nitrogen functional groups attached to an aromatic ring is 1. The van der Waals surface area contributed by atoms with Gasteiger partial charge >= 0.3 is 0 Å². The zero-order valence-electron chi connectivity index (χ0n) is 12.2. The fourth-order valence-electron chi connectivity index (χ4n) is 2.85. The number of aliphatic hydroxyl groups excluding tert-OH is 1. The number of hydrogen-bond donors (Lipinski definition) is 3. The van der Waals surface area contributed by atoms with Crippen LogP contribution < -0.4 is 15.4 Å². The molecule has 6 nitrogen and oxygen atoms in total. The maximum atomic E-state index is 11.8. The van der Waals surface area contributed by atoms with E-state index in [4.69, 9.17) is 5.73 Å². The van der Waals surface area contributed by atoms with Gasteiger partial charge in [-0.1, -0.05) is 0 Å². The number of nitrogens with two attached hydrogens (primary N) is 1. The molecule has 1 saturated heterocycles. The van der Waals surface area contributed by atoms with Crippen molar-refractivity contribution in [2.45, 2.75) is 36.6 Å². The van der Waals surface area contributed by atoms with Crippen molar-refractivity contribution in [2.24, 2.45) is 0 Å². The molecule has 118 valence electrons. The quantitative estimate of drug-likeness (QED) is 0.703. The number of piperidine rings is 1. The summed E-state index contributed by atoms with van der Waals surface area (Å²) in [5.41, 5.74) is 7.37. The summed E-state index contributed by atoms with van der Waals surface area (Å²) < 4.78 is 25.9. The molecule has 1 aromatic carbocycles. The van der Waals surface area contributed by atoms with Crippen molar-refractivity contribution in [3.8, 4) is 0 Å². The van der Waals surface area contributed by atoms with Crippen LogP contribution in [0.1, 0.15) is 25.7 Å². The third-order valence-electron chi connectivity index (χ3n) is 3.98. The lowest BCUT2D eigenvalue weighted by Crippen LogP contribution is -2.40. The molecule has 0 spiro atoms. The van der Waals surface area contributed by atoms with Gasteiger partial charge < -0.3 is 15.7 Å². The zero-order valence-corrected chi connectivity index (χ0v) is 13.1. The Kier molecular flexibility index (Phi) is 5.08. The van der Waals surface area contributed by atoms with Crippen LogP contribution in [0.2, 0.25) is 0 Å². The van der Waals surface area contributed by atoms with Gasteiger partial charge in [-0.25, -0.2) is 13.1 Å². The molecule has 21 heavy (non-hydrogen) atoms. The number of nitrogens with zero attached hydrogens (tertiary/aromatic N) is 1. The first-order chi connectivity index (χ1) is 9.99. The molecular formula is C14H23N3O3S. The molecule has 0 aromatic heterocycles. The molecule has 7 heteroatoms. The maximum absolute atomic E-state index is 11.8. The lowest BCUT2D eigenvalue weighted by atomic mass is 9.98. The van der Waals surface area contributed by atoms with Gasteiger partial charge in [0.15, 0.2) is 0 Å². The van der Waals surface area contributed by atoms with Crippen LogP contribution in [0.25, 0.3) is 0 Å². The largest absolute Gasteiger partial charge is 0.397 e. The first-order valence-corrected chi connectivity index (χ1v) is 8.68. The van der Waals surface area contributed by atoms with Crippen molar-refractivity contribution in [3.05, 3.63) is 18.2 Å². The lowest BCUT2D eigenvalue weighted by Gasteiger charge is -2.38. The Labute approximate surface area is 126 Å². The first-order valence-electron chi connectivity index (χ1n) is 7.20. The van der Waals surface area contributed by atoms with Crippen LogP contribution in [-0.2, 0) is 10.0 Å². The van der Waals surface area contributed by atoms with Gasteiger partial charge in [-0.15, -0.1) is 0 Å². The van der Waals surface area contributed by atoms with E-state index in [-0.39, 0.29) is 17.5 Å². The van der Waals surface area contributed by atoms with E-state index in [1.807, 2.05) is 0 Å². The van der Waals surface area contributed by atoms with Gasteiger partial charge in [0.25, 0.3) is 0 Å². The van der Waals surface area contributed by atoms with Gasteiger partial charge in [0.1, 0.15) is 0 Å². The van der Waals surface area contributed by atoms with Crippen molar-refractivity contribution < 1.29 is 13.5 Å². The van der Waals surface area contributed by atoms with Crippen molar-refractivity contribution in [1.29, 1.82) is 0 Å². The van der Waals surface area contributed by atoms with Crippen molar-refractivity contribution in [3.63, 3.8) is 0 Å². The molecule has 0 radical (unpaired) electrons. The zero-order chi connectivity index (χ0) is 15.5. The molecule has 1 fully saturated rings. The Morgan fingerprint density at radius 3 is 2.81 bits per heavy atom. The molecule has 1 heterocycles. The Bertz CT molecular complexity index is 587. The second-order valence-corrected chi connectivity index (χ2v) is 7.17. The molecule has 1 aliphatic rings. The average Bonchev–Trinajstić information content (AvgIpc) is 2.48. The molecule has 0 aliphatic carbocycles. The van der Waals surface area contributed by atoms with Gasteiger partial charge in [-0.05, 0) is 50.9 Å². The summed E-state index contributed by atoms with van der Waals surface area (Å²) in [4.78, 5) is 2.35. The summed E-state index contributed by atoms with van der Waals surface area (Å²) in [6, 6.07) is 5.08. The summed E-state index contributed by atoms with van der Waals surface area (Å²) in [7, 11) is -2.10. The normalized spacial score (nSPS) is 19.7. The highest BCUT2D eigenvalue weighted by Crippen LogP contribution is 2.32. The molecule has 1 atom stereocenters. The fourth-order valence-corrected chi connectivity index (χ4v) is 3.61. The third-order valence-corrected chi connectivity index (χ3v) is 5.39. The van der Waals surface area contributed by atoms with Gasteiger partial charge in [0.05, 0.1) is 16.3 Å². The minimum atomic E-state index is -3.48. The summed E-state index contributed by atoms with van der Waals surface area (Å²) in [6.07, 6.45) is 3.96. The molecule has 2 rings (SSSR count). The fraction of sp³-hybridized carbons (Fsp3) is 0.571. The van der Waals surface area contributed by atoms with Crippen LogP contribution in [0.3, 0.4) is 0 Å². The lowest BCUT2D eigenvalue weighted by molar-refractivity contribution is 0.262. The Hall–Kier alpha value is -1.31. The van der Waals surface area contributed by atoms with E-state index in [9.17, 15) is 13.5 Å². The van der Waals surface area contributed by atoms with Crippen molar-refractivity contribution >= 4 is 21.4 Å². The standard InChI is InChI=1S/C14H23N3O3S/c1-16-21(19,20)12-5-6-14(13(15)10-12)17-8-3-2-4-11(17)7-9-18/h5-6,10-11,16,18H,2-4,7-9,15H2,1H3. The molecule has 0 amide bonds. The second kappa shape index (κ2) is 6.64. The highest BCUT2D eigenvalue weighted by atomic mass is 32.2. The summed E-state index contributed by atoms with van der Waals surface area (Å²) in [5.74, 6) is 0. The third kappa shape index (κ3) is 3.48. The van der Waals surface area contributed by atoms with E-state index in [2.05, 4.69) is 9.62 Å². The summed E-state index contributed by atoms with van der Waals surface area (Å²) in [5, 5.41) is 9.19.